The number of aromatic nitrogens is 7. The molecule has 17 heteroatoms. The molecule has 9 rings (SSSR count). The third kappa shape index (κ3) is 8.70. The summed E-state index contributed by atoms with van der Waals surface area (Å²) in [4.78, 5) is 72.0. The molecule has 4 amide bonds. The number of imide groups is 1. The number of carbonyl (C=O) groups is 3. The minimum absolute atomic E-state index is 0.0142. The van der Waals surface area contributed by atoms with Crippen LogP contribution in [0.5, 0.6) is 0 Å². The molecule has 3 N–H and O–H groups in total. The Morgan fingerprint density at radius 3 is 2.31 bits per heavy atom. The van der Waals surface area contributed by atoms with E-state index < -0.39 is 5.91 Å². The molecule has 6 aromatic rings. The van der Waals surface area contributed by atoms with Gasteiger partial charge in [0.15, 0.2) is 5.65 Å². The summed E-state index contributed by atoms with van der Waals surface area (Å²) < 4.78 is 5.27. The van der Waals surface area contributed by atoms with Crippen LogP contribution in [0.4, 0.5) is 22.0 Å². The summed E-state index contributed by atoms with van der Waals surface area (Å²) in [5, 5.41) is 9.13. The third-order valence-corrected chi connectivity index (χ3v) is 12.0. The Bertz CT molecular complexity index is 2580. The number of aromatic amines is 1. The van der Waals surface area contributed by atoms with Crippen LogP contribution < -0.4 is 25.3 Å². The van der Waals surface area contributed by atoms with Gasteiger partial charge in [-0.05, 0) is 79.3 Å². The highest BCUT2D eigenvalue weighted by atomic mass is 16.5. The maximum Gasteiger partial charge on any atom is 0.328 e. The number of benzene rings is 2. The fraction of sp³-hybridized carbons (Fsp3) is 0.400. The Morgan fingerprint density at radius 1 is 0.855 bits per heavy atom. The van der Waals surface area contributed by atoms with Crippen molar-refractivity contribution >= 4 is 46.2 Å². The highest BCUT2D eigenvalue weighted by molar-refractivity contribution is 6.05. The van der Waals surface area contributed by atoms with Crippen LogP contribution in [0.25, 0.3) is 33.8 Å². The lowest BCUT2D eigenvalue weighted by Crippen LogP contribution is -2.49. The highest BCUT2D eigenvalue weighted by Crippen LogP contribution is 2.30. The molecule has 0 saturated carbocycles. The molecule has 0 aliphatic carbocycles. The van der Waals surface area contributed by atoms with E-state index in [-0.39, 0.29) is 23.2 Å². The van der Waals surface area contributed by atoms with Crippen molar-refractivity contribution in [2.75, 3.05) is 67.1 Å². The SMILES string of the molecule is Cc1cc(-c2ncnc3[nH]c(-c4ccc(N5CCN(CC6CCN(c7ccc(N8CCC(=O)NC8=O)cc7)CC6)CC5)nc4)nc23)ccc1CNC(=O)c1noc(C(C)(C)C)n1. The largest absolute Gasteiger partial charge is 0.372 e. The van der Waals surface area contributed by atoms with Crippen LogP contribution in [0, 0.1) is 12.8 Å². The molecule has 0 radical (unpaired) electrons. The van der Waals surface area contributed by atoms with Gasteiger partial charge >= 0.3 is 6.03 Å². The van der Waals surface area contributed by atoms with Crippen molar-refractivity contribution < 1.29 is 18.9 Å². The Hall–Kier alpha value is -6.75. The van der Waals surface area contributed by atoms with E-state index in [1.165, 1.54) is 12.0 Å². The first kappa shape index (κ1) is 40.6. The molecule has 2 aromatic carbocycles. The Morgan fingerprint density at radius 2 is 1.61 bits per heavy atom. The second-order valence-electron chi connectivity index (χ2n) is 17.4. The summed E-state index contributed by atoms with van der Waals surface area (Å²) in [6.07, 6.45) is 6.01. The van der Waals surface area contributed by atoms with E-state index in [0.29, 0.717) is 54.0 Å². The Kier molecular flexibility index (Phi) is 11.1. The van der Waals surface area contributed by atoms with Crippen LogP contribution in [0.15, 0.2) is 71.6 Å². The number of aryl methyl sites for hydroxylation is 1. The van der Waals surface area contributed by atoms with Crippen molar-refractivity contribution in [3.8, 4) is 22.6 Å². The molecule has 7 heterocycles. The number of amides is 4. The number of urea groups is 1. The molecule has 0 unspecified atom stereocenters. The molecular weight excluding hydrogens is 787 g/mol. The van der Waals surface area contributed by atoms with Gasteiger partial charge in [0.05, 0.1) is 0 Å². The first-order valence-corrected chi connectivity index (χ1v) is 21.3. The van der Waals surface area contributed by atoms with Gasteiger partial charge in [-0.3, -0.25) is 24.7 Å². The minimum atomic E-state index is -0.394. The summed E-state index contributed by atoms with van der Waals surface area (Å²) in [5.41, 5.74) is 7.35. The first-order chi connectivity index (χ1) is 29.9. The zero-order valence-electron chi connectivity index (χ0n) is 35.5. The van der Waals surface area contributed by atoms with Crippen LogP contribution >= 0.6 is 0 Å². The van der Waals surface area contributed by atoms with Crippen molar-refractivity contribution in [1.82, 2.24) is 50.6 Å². The average molecular weight is 838 g/mol. The number of rotatable bonds is 10. The smallest absolute Gasteiger partial charge is 0.328 e. The van der Waals surface area contributed by atoms with Gasteiger partial charge in [-0.25, -0.2) is 24.7 Å². The van der Waals surface area contributed by atoms with Crippen molar-refractivity contribution in [3.63, 3.8) is 0 Å². The van der Waals surface area contributed by atoms with Gasteiger partial charge in [0.1, 0.15) is 29.2 Å². The molecule has 0 spiro atoms. The van der Waals surface area contributed by atoms with Gasteiger partial charge in [-0.2, -0.15) is 4.98 Å². The topological polar surface area (TPSA) is 194 Å². The van der Waals surface area contributed by atoms with Gasteiger partial charge < -0.3 is 24.6 Å². The lowest BCUT2D eigenvalue weighted by Gasteiger charge is -2.39. The maximum atomic E-state index is 12.7. The fourth-order valence-electron chi connectivity index (χ4n) is 8.36. The van der Waals surface area contributed by atoms with E-state index in [4.69, 9.17) is 14.5 Å². The van der Waals surface area contributed by atoms with Gasteiger partial charge in [0.25, 0.3) is 11.7 Å². The molecule has 320 valence electrons. The van der Waals surface area contributed by atoms with Crippen molar-refractivity contribution in [1.29, 1.82) is 0 Å². The fourth-order valence-corrected chi connectivity index (χ4v) is 8.36. The molecular formula is C45H51N13O4. The van der Waals surface area contributed by atoms with Crippen molar-refractivity contribution in [2.24, 2.45) is 5.92 Å². The molecule has 0 bridgehead atoms. The summed E-state index contributed by atoms with van der Waals surface area (Å²) in [5.74, 6) is 2.10. The minimum Gasteiger partial charge on any atom is -0.372 e. The van der Waals surface area contributed by atoms with Crippen LogP contribution in [0.3, 0.4) is 0 Å². The van der Waals surface area contributed by atoms with E-state index >= 15 is 0 Å². The van der Waals surface area contributed by atoms with Crippen LogP contribution in [0.1, 0.15) is 67.7 Å². The molecule has 4 aromatic heterocycles. The second kappa shape index (κ2) is 17.0. The number of carbonyl (C=O) groups excluding carboxylic acids is 3. The van der Waals surface area contributed by atoms with Gasteiger partial charge in [-0.1, -0.05) is 38.1 Å². The Balaban J connectivity index is 0.759. The van der Waals surface area contributed by atoms with Crippen LogP contribution in [-0.4, -0.2) is 110 Å². The highest BCUT2D eigenvalue weighted by Gasteiger charge is 2.28. The maximum absolute atomic E-state index is 12.7. The lowest BCUT2D eigenvalue weighted by atomic mass is 9.95. The molecule has 17 nitrogen and oxygen atoms in total. The predicted octanol–water partition coefficient (Wildman–Crippen LogP) is 5.49. The first-order valence-electron chi connectivity index (χ1n) is 21.3. The van der Waals surface area contributed by atoms with E-state index in [0.717, 1.165) is 92.4 Å². The summed E-state index contributed by atoms with van der Waals surface area (Å²) in [6, 6.07) is 17.9. The van der Waals surface area contributed by atoms with Crippen LogP contribution in [-0.2, 0) is 16.8 Å². The molecule has 3 fully saturated rings. The number of piperidine rings is 1. The molecule has 3 aliphatic heterocycles. The normalized spacial score (nSPS) is 16.9. The number of imidazole rings is 1. The van der Waals surface area contributed by atoms with Crippen molar-refractivity contribution in [3.05, 3.63) is 90.0 Å². The quantitative estimate of drug-likeness (QED) is 0.157. The molecule has 3 saturated heterocycles. The number of H-pyrrole nitrogens is 1. The van der Waals surface area contributed by atoms with E-state index in [2.05, 4.69) is 74.7 Å². The monoisotopic (exact) mass is 837 g/mol. The molecule has 62 heavy (non-hydrogen) atoms. The van der Waals surface area contributed by atoms with E-state index in [1.54, 1.807) is 4.90 Å². The third-order valence-electron chi connectivity index (χ3n) is 12.0. The lowest BCUT2D eigenvalue weighted by molar-refractivity contribution is -0.120. The van der Waals surface area contributed by atoms with Gasteiger partial charge in [0.2, 0.25) is 11.8 Å². The van der Waals surface area contributed by atoms with Gasteiger partial charge in [0, 0.05) is 99.4 Å². The second-order valence-corrected chi connectivity index (χ2v) is 17.4. The van der Waals surface area contributed by atoms with E-state index in [1.807, 2.05) is 64.2 Å². The number of fused-ring (bicyclic) bond motifs is 1. The Labute approximate surface area is 359 Å². The number of hydrogen-bond acceptors (Lipinski definition) is 13. The summed E-state index contributed by atoms with van der Waals surface area (Å²) >= 11 is 0. The summed E-state index contributed by atoms with van der Waals surface area (Å²) in [6.45, 7) is 15.5. The average Bonchev–Trinajstić information content (AvgIpc) is 3.96. The number of nitrogens with one attached hydrogen (secondary N) is 3. The molecule has 3 aliphatic rings. The standard InChI is InChI=1S/C45H51N13O4/c1-28-23-30(5-6-31(28)24-47-42(60)41-53-43(62-54-41)45(2,3)4)37-38-40(49-27-48-37)52-39(51-38)32-7-12-35(46-25-32)57-21-19-55(20-22-57)26-29-13-16-56(17-14-29)33-8-10-34(11-9-33)58-18-15-36(59)50-44(58)61/h5-12,23,25,27,29H,13-22,24,26H2,1-4H3,(H,47,60)(H,50,59,61)(H,48,49,51,52). The zero-order valence-corrected chi connectivity index (χ0v) is 35.5. The number of piperazine rings is 1. The van der Waals surface area contributed by atoms with Crippen molar-refractivity contribution in [2.45, 2.75) is 58.9 Å². The predicted molar refractivity (Wildman–Crippen MR) is 235 cm³/mol. The number of hydrogen-bond donors (Lipinski definition) is 3. The number of nitrogens with zero attached hydrogens (tertiary/aromatic N) is 10. The summed E-state index contributed by atoms with van der Waals surface area (Å²) in [7, 11) is 0. The zero-order chi connectivity index (χ0) is 43.0. The number of pyridine rings is 1. The number of anilines is 3. The molecule has 0 atom stereocenters. The van der Waals surface area contributed by atoms with Gasteiger partial charge in [-0.15, -0.1) is 0 Å². The van der Waals surface area contributed by atoms with Crippen LogP contribution in [0.2, 0.25) is 0 Å². The van der Waals surface area contributed by atoms with E-state index in [9.17, 15) is 14.4 Å².